The molecule has 0 saturated heterocycles. The van der Waals surface area contributed by atoms with Gasteiger partial charge in [-0.05, 0) is 40.8 Å². The Kier molecular flexibility index (Phi) is 7.36. The van der Waals surface area contributed by atoms with Gasteiger partial charge in [-0.3, -0.25) is 4.79 Å². The SMILES string of the molecule is Cl.O=C(CCc1ccc(OC(F)F)cc1)NCc1ccc2c(c1)CNC2. The Hall–Kier alpha value is -2.18. The van der Waals surface area contributed by atoms with Gasteiger partial charge in [0, 0.05) is 26.1 Å². The van der Waals surface area contributed by atoms with Gasteiger partial charge in [-0.1, -0.05) is 30.3 Å². The summed E-state index contributed by atoms with van der Waals surface area (Å²) in [6.07, 6.45) is 0.899. The molecule has 140 valence electrons. The first-order valence-electron chi connectivity index (χ1n) is 8.22. The number of benzene rings is 2. The molecular formula is C19H21ClF2N2O2. The predicted molar refractivity (Wildman–Crippen MR) is 97.5 cm³/mol. The van der Waals surface area contributed by atoms with Gasteiger partial charge in [0.15, 0.2) is 0 Å². The summed E-state index contributed by atoms with van der Waals surface area (Å²) in [7, 11) is 0. The second kappa shape index (κ2) is 9.50. The van der Waals surface area contributed by atoms with Gasteiger partial charge in [0.05, 0.1) is 0 Å². The van der Waals surface area contributed by atoms with E-state index in [1.165, 1.54) is 23.3 Å². The Morgan fingerprint density at radius 3 is 2.50 bits per heavy atom. The number of halogens is 3. The maximum absolute atomic E-state index is 12.1. The van der Waals surface area contributed by atoms with Crippen molar-refractivity contribution in [2.45, 2.75) is 39.1 Å². The smallest absolute Gasteiger partial charge is 0.387 e. The van der Waals surface area contributed by atoms with Gasteiger partial charge in [0.25, 0.3) is 0 Å². The van der Waals surface area contributed by atoms with Gasteiger partial charge < -0.3 is 15.4 Å². The Balaban J connectivity index is 0.00000243. The molecule has 1 heterocycles. The second-order valence-corrected chi connectivity index (χ2v) is 6.01. The third-order valence-corrected chi connectivity index (χ3v) is 4.18. The third kappa shape index (κ3) is 5.68. The summed E-state index contributed by atoms with van der Waals surface area (Å²) in [5.41, 5.74) is 4.59. The number of fused-ring (bicyclic) bond motifs is 1. The number of carbonyl (C=O) groups excluding carboxylic acids is 1. The summed E-state index contributed by atoms with van der Waals surface area (Å²) in [4.78, 5) is 12.0. The van der Waals surface area contributed by atoms with Crippen molar-refractivity contribution >= 4 is 18.3 Å². The molecule has 0 saturated carbocycles. The number of rotatable bonds is 7. The van der Waals surface area contributed by atoms with Crippen LogP contribution in [0.1, 0.15) is 28.7 Å². The molecule has 0 aromatic heterocycles. The predicted octanol–water partition coefficient (Wildman–Crippen LogP) is 3.56. The summed E-state index contributed by atoms with van der Waals surface area (Å²) >= 11 is 0. The molecule has 1 aliphatic heterocycles. The van der Waals surface area contributed by atoms with Crippen LogP contribution in [0.2, 0.25) is 0 Å². The molecule has 0 aliphatic carbocycles. The van der Waals surface area contributed by atoms with Crippen molar-refractivity contribution in [2.75, 3.05) is 0 Å². The van der Waals surface area contributed by atoms with Gasteiger partial charge in [-0.15, -0.1) is 12.4 Å². The van der Waals surface area contributed by atoms with E-state index in [1.54, 1.807) is 12.1 Å². The fraction of sp³-hybridized carbons (Fsp3) is 0.316. The first-order chi connectivity index (χ1) is 12.1. The molecule has 2 N–H and O–H groups in total. The summed E-state index contributed by atoms with van der Waals surface area (Å²) in [6, 6.07) is 12.6. The van der Waals surface area contributed by atoms with E-state index in [0.717, 1.165) is 24.2 Å². The van der Waals surface area contributed by atoms with Crippen molar-refractivity contribution in [3.8, 4) is 5.75 Å². The van der Waals surface area contributed by atoms with E-state index in [9.17, 15) is 13.6 Å². The van der Waals surface area contributed by atoms with Crippen molar-refractivity contribution in [3.63, 3.8) is 0 Å². The topological polar surface area (TPSA) is 50.4 Å². The van der Waals surface area contributed by atoms with E-state index in [0.29, 0.717) is 19.4 Å². The maximum atomic E-state index is 12.1. The van der Waals surface area contributed by atoms with Crippen molar-refractivity contribution in [1.29, 1.82) is 0 Å². The van der Waals surface area contributed by atoms with Crippen molar-refractivity contribution in [3.05, 3.63) is 64.7 Å². The van der Waals surface area contributed by atoms with E-state index in [-0.39, 0.29) is 24.1 Å². The minimum atomic E-state index is -2.83. The van der Waals surface area contributed by atoms with Crippen LogP contribution in [0.15, 0.2) is 42.5 Å². The van der Waals surface area contributed by atoms with Gasteiger partial charge in [-0.25, -0.2) is 0 Å². The fourth-order valence-corrected chi connectivity index (χ4v) is 2.84. The van der Waals surface area contributed by atoms with Crippen LogP contribution < -0.4 is 15.4 Å². The lowest BCUT2D eigenvalue weighted by Crippen LogP contribution is -2.23. The van der Waals surface area contributed by atoms with Crippen molar-refractivity contribution in [1.82, 2.24) is 10.6 Å². The molecule has 1 aliphatic rings. The molecule has 26 heavy (non-hydrogen) atoms. The lowest BCUT2D eigenvalue weighted by Gasteiger charge is -2.08. The number of nitrogens with one attached hydrogen (secondary N) is 2. The zero-order valence-electron chi connectivity index (χ0n) is 14.1. The van der Waals surface area contributed by atoms with Crippen LogP contribution in [-0.4, -0.2) is 12.5 Å². The Morgan fingerprint density at radius 2 is 1.77 bits per heavy atom. The van der Waals surface area contributed by atoms with Crippen molar-refractivity contribution < 1.29 is 18.3 Å². The Bertz CT molecular complexity index is 739. The van der Waals surface area contributed by atoms with Gasteiger partial charge in [0.1, 0.15) is 5.75 Å². The molecule has 3 rings (SSSR count). The molecule has 2 aromatic carbocycles. The molecule has 0 radical (unpaired) electrons. The normalized spacial score (nSPS) is 12.4. The number of hydrogen-bond donors (Lipinski definition) is 2. The Labute approximate surface area is 157 Å². The summed E-state index contributed by atoms with van der Waals surface area (Å²) < 4.78 is 28.5. The molecule has 1 amide bonds. The van der Waals surface area contributed by atoms with Gasteiger partial charge >= 0.3 is 6.61 Å². The second-order valence-electron chi connectivity index (χ2n) is 6.01. The monoisotopic (exact) mass is 382 g/mol. The quantitative estimate of drug-likeness (QED) is 0.769. The highest BCUT2D eigenvalue weighted by molar-refractivity contribution is 5.85. The molecule has 4 nitrogen and oxygen atoms in total. The molecule has 0 unspecified atom stereocenters. The number of amides is 1. The zero-order chi connectivity index (χ0) is 17.6. The van der Waals surface area contributed by atoms with Crippen LogP contribution >= 0.6 is 12.4 Å². The molecular weight excluding hydrogens is 362 g/mol. The number of carbonyl (C=O) groups is 1. The van der Waals surface area contributed by atoms with Crippen LogP contribution in [0.5, 0.6) is 5.75 Å². The number of hydrogen-bond acceptors (Lipinski definition) is 3. The number of ether oxygens (including phenoxy) is 1. The van der Waals surface area contributed by atoms with Crippen LogP contribution in [-0.2, 0) is 30.8 Å². The number of alkyl halides is 2. The van der Waals surface area contributed by atoms with E-state index < -0.39 is 6.61 Å². The molecule has 0 fully saturated rings. The average Bonchev–Trinajstić information content (AvgIpc) is 3.06. The highest BCUT2D eigenvalue weighted by Gasteiger charge is 2.10. The van der Waals surface area contributed by atoms with Crippen LogP contribution in [0.25, 0.3) is 0 Å². The maximum Gasteiger partial charge on any atom is 0.387 e. The van der Waals surface area contributed by atoms with Gasteiger partial charge in [-0.2, -0.15) is 8.78 Å². The van der Waals surface area contributed by atoms with E-state index in [1.807, 2.05) is 6.07 Å². The van der Waals surface area contributed by atoms with Crippen LogP contribution in [0.4, 0.5) is 8.78 Å². The van der Waals surface area contributed by atoms with E-state index in [2.05, 4.69) is 27.5 Å². The Morgan fingerprint density at radius 1 is 1.08 bits per heavy atom. The zero-order valence-corrected chi connectivity index (χ0v) is 15.0. The first kappa shape index (κ1) is 20.1. The lowest BCUT2D eigenvalue weighted by molar-refractivity contribution is -0.121. The standard InChI is InChI=1S/C19H20F2N2O2.ClH/c20-19(21)25-17-6-2-13(3-7-17)4-8-18(24)23-10-14-1-5-15-11-22-12-16(15)9-14;/h1-3,5-7,9,19,22H,4,8,10-12H2,(H,23,24);1H. The third-order valence-electron chi connectivity index (χ3n) is 4.18. The summed E-state index contributed by atoms with van der Waals surface area (Å²) in [5, 5.41) is 6.21. The minimum Gasteiger partial charge on any atom is -0.435 e. The average molecular weight is 383 g/mol. The van der Waals surface area contributed by atoms with Gasteiger partial charge in [0.2, 0.25) is 5.91 Å². The molecule has 2 aromatic rings. The first-order valence-corrected chi connectivity index (χ1v) is 8.22. The van der Waals surface area contributed by atoms with Crippen LogP contribution in [0.3, 0.4) is 0 Å². The molecule has 0 atom stereocenters. The molecule has 0 bridgehead atoms. The lowest BCUT2D eigenvalue weighted by atomic mass is 10.1. The van der Waals surface area contributed by atoms with E-state index >= 15 is 0 Å². The fourth-order valence-electron chi connectivity index (χ4n) is 2.84. The van der Waals surface area contributed by atoms with E-state index in [4.69, 9.17) is 0 Å². The minimum absolute atomic E-state index is 0. The van der Waals surface area contributed by atoms with Crippen molar-refractivity contribution in [2.24, 2.45) is 0 Å². The molecule has 0 spiro atoms. The largest absolute Gasteiger partial charge is 0.435 e. The highest BCUT2D eigenvalue weighted by Crippen LogP contribution is 2.17. The molecule has 7 heteroatoms. The summed E-state index contributed by atoms with van der Waals surface area (Å²) in [5.74, 6) is 0.0841. The highest BCUT2D eigenvalue weighted by atomic mass is 35.5. The van der Waals surface area contributed by atoms with Crippen LogP contribution in [0, 0.1) is 0 Å². The number of aryl methyl sites for hydroxylation is 1. The summed E-state index contributed by atoms with van der Waals surface area (Å²) in [6.45, 7) is -0.537.